The van der Waals surface area contributed by atoms with Gasteiger partial charge in [-0.2, -0.15) is 0 Å². The number of nitrogens with zero attached hydrogens (tertiary/aromatic N) is 2. The number of benzene rings is 1. The number of imide groups is 1. The second kappa shape index (κ2) is 24.1. The highest BCUT2D eigenvalue weighted by Crippen LogP contribution is 2.19. The number of imidazole rings is 2. The number of rotatable bonds is 24. The van der Waals surface area contributed by atoms with Gasteiger partial charge in [0.2, 0.25) is 47.3 Å². The summed E-state index contributed by atoms with van der Waals surface area (Å²) in [6.07, 6.45) is 8.08. The first-order valence-corrected chi connectivity index (χ1v) is 21.3. The summed E-state index contributed by atoms with van der Waals surface area (Å²) in [6, 6.07) is 0.926. The van der Waals surface area contributed by atoms with Crippen molar-refractivity contribution >= 4 is 58.2 Å². The number of fused-ring (bicyclic) bond motifs is 1. The van der Waals surface area contributed by atoms with E-state index in [2.05, 4.69) is 67.5 Å². The Labute approximate surface area is 371 Å². The van der Waals surface area contributed by atoms with Crippen molar-refractivity contribution in [2.24, 2.45) is 11.8 Å². The maximum atomic E-state index is 13.9. The van der Waals surface area contributed by atoms with Gasteiger partial charge in [-0.15, -0.1) is 0 Å². The summed E-state index contributed by atoms with van der Waals surface area (Å²) in [4.78, 5) is 123. The molecule has 11 N–H and O–H groups in total. The highest BCUT2D eigenvalue weighted by atomic mass is 16.2. The van der Waals surface area contributed by atoms with Crippen LogP contribution in [0.4, 0.5) is 0 Å². The van der Waals surface area contributed by atoms with Crippen LogP contribution >= 0.6 is 0 Å². The maximum absolute atomic E-state index is 13.9. The third kappa shape index (κ3) is 15.2. The number of hydrogen-bond acceptors (Lipinski definition) is 11. The topological polar surface area (TPSA) is 306 Å². The summed E-state index contributed by atoms with van der Waals surface area (Å²) in [5.41, 5.74) is 2.60. The van der Waals surface area contributed by atoms with Crippen LogP contribution in [0.3, 0.4) is 0 Å². The van der Waals surface area contributed by atoms with Gasteiger partial charge in [0.05, 0.1) is 25.2 Å². The molecule has 21 heteroatoms. The molecule has 1 aromatic carbocycles. The molecular formula is C43H61N13O8. The average Bonchev–Trinajstić information content (AvgIpc) is 4.04. The monoisotopic (exact) mass is 887 g/mol. The molecule has 6 unspecified atom stereocenters. The van der Waals surface area contributed by atoms with Crippen LogP contribution in [0.15, 0.2) is 55.5 Å². The molecule has 0 saturated carbocycles. The lowest BCUT2D eigenvalue weighted by Crippen LogP contribution is -2.59. The Hall–Kier alpha value is -6.90. The van der Waals surface area contributed by atoms with Gasteiger partial charge < -0.3 is 52.2 Å². The number of carbonyl (C=O) groups excluding carboxylic acids is 8. The highest BCUT2D eigenvalue weighted by molar-refractivity contribution is 6.02. The van der Waals surface area contributed by atoms with Crippen LogP contribution < -0.4 is 42.5 Å². The lowest BCUT2D eigenvalue weighted by molar-refractivity contribution is -0.135. The van der Waals surface area contributed by atoms with Gasteiger partial charge in [0.25, 0.3) is 0 Å². The van der Waals surface area contributed by atoms with Crippen molar-refractivity contribution in [3.05, 3.63) is 72.5 Å². The van der Waals surface area contributed by atoms with Crippen molar-refractivity contribution in [1.82, 2.24) is 67.5 Å². The normalized spacial score (nSPS) is 14.1. The minimum absolute atomic E-state index is 0.0152. The zero-order valence-corrected chi connectivity index (χ0v) is 37.2. The van der Waals surface area contributed by atoms with E-state index >= 15 is 0 Å². The van der Waals surface area contributed by atoms with Crippen molar-refractivity contribution < 1.29 is 38.4 Å². The van der Waals surface area contributed by atoms with Crippen molar-refractivity contribution in [2.75, 3.05) is 13.1 Å². The summed E-state index contributed by atoms with van der Waals surface area (Å²) in [6.45, 7) is 11.7. The molecule has 0 aliphatic rings. The summed E-state index contributed by atoms with van der Waals surface area (Å²) >= 11 is 0. The third-order valence-corrected chi connectivity index (χ3v) is 10.2. The van der Waals surface area contributed by atoms with E-state index in [1.54, 1.807) is 20.0 Å². The first-order valence-electron chi connectivity index (χ1n) is 21.3. The Morgan fingerprint density at radius 3 is 1.81 bits per heavy atom. The summed E-state index contributed by atoms with van der Waals surface area (Å²) in [5, 5.41) is 22.0. The molecule has 346 valence electrons. The SMILES string of the molecule is CCNC(CC(C)C)C(=O)NC(=O)C(Cc1cnc[nH]1)NC(=O)CNC(=O)C(NC(=O)C(C)NC(=O)C(Cc1c[nH]c2ccccc12)NC(=O)C(Cc1cnc[nH]1)NC(C)=O)C(C)C. The van der Waals surface area contributed by atoms with Gasteiger partial charge in [-0.05, 0) is 43.4 Å². The van der Waals surface area contributed by atoms with Crippen LogP contribution in [0.5, 0.6) is 0 Å². The number of aromatic nitrogens is 5. The Morgan fingerprint density at radius 1 is 0.641 bits per heavy atom. The number of H-pyrrole nitrogens is 3. The molecule has 6 atom stereocenters. The first kappa shape index (κ1) is 49.8. The number of para-hydroxylation sites is 1. The van der Waals surface area contributed by atoms with E-state index in [0.29, 0.717) is 29.9 Å². The molecule has 3 heterocycles. The summed E-state index contributed by atoms with van der Waals surface area (Å²) in [5.74, 6) is -5.61. The Kier molecular flexibility index (Phi) is 18.7. The number of nitrogens with one attached hydrogen (secondary N) is 11. The van der Waals surface area contributed by atoms with E-state index < -0.39 is 96.0 Å². The molecule has 0 aliphatic carbocycles. The van der Waals surface area contributed by atoms with Gasteiger partial charge in [-0.3, -0.25) is 43.7 Å². The first-order chi connectivity index (χ1) is 30.4. The summed E-state index contributed by atoms with van der Waals surface area (Å²) < 4.78 is 0. The number of hydrogen-bond donors (Lipinski definition) is 11. The minimum atomic E-state index is -1.21. The summed E-state index contributed by atoms with van der Waals surface area (Å²) in [7, 11) is 0. The van der Waals surface area contributed by atoms with Crippen LogP contribution in [0.2, 0.25) is 0 Å². The van der Waals surface area contributed by atoms with Crippen molar-refractivity contribution in [2.45, 2.75) is 110 Å². The van der Waals surface area contributed by atoms with E-state index in [4.69, 9.17) is 0 Å². The zero-order valence-electron chi connectivity index (χ0n) is 37.2. The molecule has 64 heavy (non-hydrogen) atoms. The van der Waals surface area contributed by atoms with Crippen molar-refractivity contribution in [1.29, 1.82) is 0 Å². The van der Waals surface area contributed by atoms with Gasteiger partial charge >= 0.3 is 0 Å². The minimum Gasteiger partial charge on any atom is -0.361 e. The maximum Gasteiger partial charge on any atom is 0.249 e. The molecule has 0 saturated heterocycles. The van der Waals surface area contributed by atoms with E-state index in [1.165, 1.54) is 38.9 Å². The van der Waals surface area contributed by atoms with Crippen LogP contribution in [0, 0.1) is 11.8 Å². The van der Waals surface area contributed by atoms with Crippen LogP contribution in [0.1, 0.15) is 71.8 Å². The number of carbonyl (C=O) groups is 8. The fourth-order valence-corrected chi connectivity index (χ4v) is 6.91. The second-order valence-electron chi connectivity index (χ2n) is 16.3. The Balaban J connectivity index is 1.41. The van der Waals surface area contributed by atoms with Crippen LogP contribution in [0.25, 0.3) is 10.9 Å². The van der Waals surface area contributed by atoms with E-state index in [9.17, 15) is 38.4 Å². The fraction of sp³-hybridized carbons (Fsp3) is 0.488. The van der Waals surface area contributed by atoms with Gasteiger partial charge in [0, 0.05) is 67.1 Å². The molecule has 8 amide bonds. The molecular weight excluding hydrogens is 827 g/mol. The lowest BCUT2D eigenvalue weighted by atomic mass is 10.0. The molecule has 4 aromatic rings. The molecule has 0 bridgehead atoms. The van der Waals surface area contributed by atoms with E-state index in [-0.39, 0.29) is 25.2 Å². The fourth-order valence-electron chi connectivity index (χ4n) is 6.91. The van der Waals surface area contributed by atoms with Crippen molar-refractivity contribution in [3.8, 4) is 0 Å². The predicted octanol–water partition coefficient (Wildman–Crippen LogP) is -0.455. The molecule has 21 nitrogen and oxygen atoms in total. The quantitative estimate of drug-likeness (QED) is 0.0428. The number of amides is 8. The van der Waals surface area contributed by atoms with Gasteiger partial charge in [0.1, 0.15) is 30.2 Å². The highest BCUT2D eigenvalue weighted by Gasteiger charge is 2.32. The molecule has 0 radical (unpaired) electrons. The largest absolute Gasteiger partial charge is 0.361 e. The van der Waals surface area contributed by atoms with Crippen LogP contribution in [-0.4, -0.2) is 122 Å². The standard InChI is InChI=1S/C43H61N13O8/c1-8-46-32(13-23(2)3)39(60)56-42(63)35(16-29-19-45-22-50-29)53-36(58)20-48-43(64)37(24(4)5)55-38(59)25(6)51-40(61)33(14-27-17-47-31-12-10-9-11-30(27)31)54-41(62)34(52-26(7)57)15-28-18-44-21-49-28/h9-12,17-19,21-25,32-35,37,46-47H,8,13-16,20H2,1-7H3,(H,44,49)(H,45,50)(H,48,64)(H,51,61)(H,52,57)(H,53,58)(H,54,62)(H,55,59)(H,56,60,63). The average molecular weight is 888 g/mol. The Morgan fingerprint density at radius 2 is 1.23 bits per heavy atom. The smallest absolute Gasteiger partial charge is 0.249 e. The zero-order chi connectivity index (χ0) is 46.9. The Bertz CT molecular complexity index is 2200. The van der Waals surface area contributed by atoms with E-state index in [1.807, 2.05) is 45.0 Å². The molecule has 0 aliphatic heterocycles. The number of likely N-dealkylation sites (N-methyl/N-ethyl adjacent to an activating group) is 1. The van der Waals surface area contributed by atoms with Gasteiger partial charge in [-0.25, -0.2) is 9.97 Å². The van der Waals surface area contributed by atoms with Crippen LogP contribution in [-0.2, 0) is 57.6 Å². The molecule has 4 rings (SSSR count). The molecule has 0 spiro atoms. The third-order valence-electron chi connectivity index (χ3n) is 10.2. The molecule has 3 aromatic heterocycles. The van der Waals surface area contributed by atoms with Crippen molar-refractivity contribution in [3.63, 3.8) is 0 Å². The predicted molar refractivity (Wildman–Crippen MR) is 236 cm³/mol. The second-order valence-corrected chi connectivity index (χ2v) is 16.3. The molecule has 0 fully saturated rings. The van der Waals surface area contributed by atoms with Gasteiger partial charge in [0.15, 0.2) is 0 Å². The number of aromatic amines is 3. The van der Waals surface area contributed by atoms with E-state index in [0.717, 1.165) is 10.9 Å². The lowest BCUT2D eigenvalue weighted by Gasteiger charge is -2.26. The van der Waals surface area contributed by atoms with Gasteiger partial charge in [-0.1, -0.05) is 52.8 Å².